The number of ether oxygens (including phenoxy) is 1. The van der Waals surface area contributed by atoms with Crippen LogP contribution in [-0.2, 0) is 11.3 Å². The Labute approximate surface area is 150 Å². The monoisotopic (exact) mass is 353 g/mol. The summed E-state index contributed by atoms with van der Waals surface area (Å²) in [5.41, 5.74) is 4.56. The van der Waals surface area contributed by atoms with Gasteiger partial charge in [-0.05, 0) is 31.2 Å². The van der Waals surface area contributed by atoms with Crippen molar-refractivity contribution in [3.63, 3.8) is 0 Å². The topological polar surface area (TPSA) is 102 Å². The number of nitrogens with one attached hydrogen (secondary N) is 1. The first-order valence-electron chi connectivity index (χ1n) is 8.24. The number of aryl methyl sites for hydroxylation is 1. The normalized spacial score (nSPS) is 11.1. The third-order valence-corrected chi connectivity index (χ3v) is 3.69. The molecule has 2 N–H and O–H groups in total. The van der Waals surface area contributed by atoms with Crippen LogP contribution < -0.4 is 10.2 Å². The lowest BCUT2D eigenvalue weighted by molar-refractivity contribution is -0.121. The quantitative estimate of drug-likeness (QED) is 0.500. The van der Waals surface area contributed by atoms with E-state index in [0.717, 1.165) is 11.0 Å². The van der Waals surface area contributed by atoms with Crippen LogP contribution >= 0.6 is 0 Å². The number of nitrogens with zero attached hydrogens (tertiary/aromatic N) is 4. The number of aromatic hydroxyl groups is 1. The first-order chi connectivity index (χ1) is 12.7. The van der Waals surface area contributed by atoms with Crippen molar-refractivity contribution in [3.05, 3.63) is 48.0 Å². The molecule has 0 saturated carbocycles. The van der Waals surface area contributed by atoms with Gasteiger partial charge in [0.15, 0.2) is 11.5 Å². The summed E-state index contributed by atoms with van der Waals surface area (Å²) in [5.74, 6) is 0.101. The summed E-state index contributed by atoms with van der Waals surface area (Å²) in [5, 5.41) is 22.0. The number of benzene rings is 2. The third kappa shape index (κ3) is 3.97. The zero-order valence-electron chi connectivity index (χ0n) is 14.3. The Balaban J connectivity index is 1.56. The number of hydrazone groups is 1. The number of amides is 1. The highest BCUT2D eigenvalue weighted by Crippen LogP contribution is 2.28. The fourth-order valence-electron chi connectivity index (χ4n) is 2.44. The van der Waals surface area contributed by atoms with Gasteiger partial charge in [0.25, 0.3) is 0 Å². The van der Waals surface area contributed by atoms with Gasteiger partial charge in [0.1, 0.15) is 5.52 Å². The van der Waals surface area contributed by atoms with E-state index < -0.39 is 0 Å². The summed E-state index contributed by atoms with van der Waals surface area (Å²) < 4.78 is 6.98. The van der Waals surface area contributed by atoms with Crippen LogP contribution in [0.4, 0.5) is 0 Å². The molecule has 0 aliphatic carbocycles. The van der Waals surface area contributed by atoms with Crippen molar-refractivity contribution >= 4 is 23.2 Å². The average molecular weight is 353 g/mol. The van der Waals surface area contributed by atoms with E-state index in [1.165, 1.54) is 6.21 Å². The molecule has 1 aromatic heterocycles. The number of fused-ring (bicyclic) bond motifs is 1. The van der Waals surface area contributed by atoms with Crippen LogP contribution in [0.3, 0.4) is 0 Å². The molecule has 26 heavy (non-hydrogen) atoms. The lowest BCUT2D eigenvalue weighted by Gasteiger charge is -2.07. The molecule has 0 atom stereocenters. The van der Waals surface area contributed by atoms with Crippen molar-refractivity contribution in [2.24, 2.45) is 5.10 Å². The minimum atomic E-state index is -0.263. The molecule has 0 bridgehead atoms. The van der Waals surface area contributed by atoms with E-state index in [9.17, 15) is 9.90 Å². The van der Waals surface area contributed by atoms with Crippen LogP contribution in [0.2, 0.25) is 0 Å². The molecule has 0 aliphatic rings. The maximum absolute atomic E-state index is 11.9. The predicted molar refractivity (Wildman–Crippen MR) is 97.2 cm³/mol. The van der Waals surface area contributed by atoms with Crippen LogP contribution in [0.25, 0.3) is 11.0 Å². The maximum Gasteiger partial charge on any atom is 0.241 e. The van der Waals surface area contributed by atoms with Gasteiger partial charge < -0.3 is 9.84 Å². The first kappa shape index (κ1) is 17.4. The number of hydrogen-bond donors (Lipinski definition) is 2. The van der Waals surface area contributed by atoms with Crippen LogP contribution in [0.15, 0.2) is 47.6 Å². The van der Waals surface area contributed by atoms with E-state index in [1.807, 2.05) is 31.2 Å². The Hall–Kier alpha value is -3.42. The molecule has 1 amide bonds. The molecule has 1 heterocycles. The van der Waals surface area contributed by atoms with Crippen molar-refractivity contribution in [2.75, 3.05) is 6.61 Å². The SMILES string of the molecule is CCOc1cccc(/C=N\NC(=O)CCn2nnc3ccccc32)c1O. The van der Waals surface area contributed by atoms with Crippen molar-refractivity contribution in [3.8, 4) is 11.5 Å². The lowest BCUT2D eigenvalue weighted by atomic mass is 10.2. The highest BCUT2D eigenvalue weighted by atomic mass is 16.5. The van der Waals surface area contributed by atoms with Gasteiger partial charge in [-0.1, -0.05) is 23.4 Å². The zero-order valence-corrected chi connectivity index (χ0v) is 14.3. The number of rotatable bonds is 7. The van der Waals surface area contributed by atoms with Gasteiger partial charge in [-0.2, -0.15) is 5.10 Å². The second kappa shape index (κ2) is 8.11. The molecule has 8 nitrogen and oxygen atoms in total. The van der Waals surface area contributed by atoms with E-state index in [-0.39, 0.29) is 18.1 Å². The zero-order chi connectivity index (χ0) is 18.4. The number of phenolic OH excluding ortho intramolecular Hbond substituents is 1. The van der Waals surface area contributed by atoms with Gasteiger partial charge >= 0.3 is 0 Å². The van der Waals surface area contributed by atoms with Gasteiger partial charge in [0.05, 0.1) is 24.9 Å². The molecule has 0 aliphatic heterocycles. The Kier molecular flexibility index (Phi) is 5.43. The summed E-state index contributed by atoms with van der Waals surface area (Å²) in [4.78, 5) is 11.9. The molecule has 0 fully saturated rings. The number of carbonyl (C=O) groups excluding carboxylic acids is 1. The molecule has 3 aromatic rings. The number of phenols is 1. The standard InChI is InChI=1S/C18H19N5O3/c1-2-26-16-9-5-6-13(18(16)25)12-19-21-17(24)10-11-23-15-8-4-3-7-14(15)20-22-23/h3-9,12,25H,2,10-11H2,1H3,(H,21,24)/b19-12-. The summed E-state index contributed by atoms with van der Waals surface area (Å²) >= 11 is 0. The number of aromatic nitrogens is 3. The molecule has 0 unspecified atom stereocenters. The summed E-state index contributed by atoms with van der Waals surface area (Å²) in [6, 6.07) is 12.6. The third-order valence-electron chi connectivity index (χ3n) is 3.69. The van der Waals surface area contributed by atoms with Crippen molar-refractivity contribution in [1.82, 2.24) is 20.4 Å². The van der Waals surface area contributed by atoms with E-state index >= 15 is 0 Å². The average Bonchev–Trinajstić information content (AvgIpc) is 3.06. The Morgan fingerprint density at radius 3 is 3.00 bits per heavy atom. The molecular formula is C18H19N5O3. The number of para-hydroxylation sites is 2. The predicted octanol–water partition coefficient (Wildman–Crippen LogP) is 2.08. The fraction of sp³-hybridized carbons (Fsp3) is 0.222. The van der Waals surface area contributed by atoms with Crippen LogP contribution in [0.5, 0.6) is 11.5 Å². The molecule has 8 heteroatoms. The molecule has 2 aromatic carbocycles. The van der Waals surface area contributed by atoms with Gasteiger partial charge in [0, 0.05) is 12.0 Å². The second-order valence-electron chi connectivity index (χ2n) is 5.47. The Morgan fingerprint density at radius 2 is 2.15 bits per heavy atom. The Bertz CT molecular complexity index is 935. The second-order valence-corrected chi connectivity index (χ2v) is 5.47. The van der Waals surface area contributed by atoms with Gasteiger partial charge in [-0.25, -0.2) is 10.1 Å². The van der Waals surface area contributed by atoms with E-state index in [4.69, 9.17) is 4.74 Å². The van der Waals surface area contributed by atoms with Gasteiger partial charge in [-0.15, -0.1) is 5.10 Å². The van der Waals surface area contributed by atoms with Crippen LogP contribution in [0, 0.1) is 0 Å². The van der Waals surface area contributed by atoms with Crippen molar-refractivity contribution in [2.45, 2.75) is 19.9 Å². The van der Waals surface area contributed by atoms with Crippen LogP contribution in [-0.4, -0.2) is 38.8 Å². The molecule has 0 spiro atoms. The van der Waals surface area contributed by atoms with Gasteiger partial charge in [0.2, 0.25) is 5.91 Å². The summed E-state index contributed by atoms with van der Waals surface area (Å²) in [6.45, 7) is 2.67. The molecule has 3 rings (SSSR count). The molecule has 0 radical (unpaired) electrons. The van der Waals surface area contributed by atoms with E-state index in [0.29, 0.717) is 24.5 Å². The first-order valence-corrected chi connectivity index (χ1v) is 8.24. The lowest BCUT2D eigenvalue weighted by Crippen LogP contribution is -2.19. The molecular weight excluding hydrogens is 334 g/mol. The van der Waals surface area contributed by atoms with Crippen molar-refractivity contribution in [1.29, 1.82) is 0 Å². The highest BCUT2D eigenvalue weighted by molar-refractivity contribution is 5.86. The summed E-state index contributed by atoms with van der Waals surface area (Å²) in [7, 11) is 0. The minimum Gasteiger partial charge on any atom is -0.504 e. The van der Waals surface area contributed by atoms with Gasteiger partial charge in [-0.3, -0.25) is 4.79 Å². The fourth-order valence-corrected chi connectivity index (χ4v) is 2.44. The maximum atomic E-state index is 11.9. The number of carbonyl (C=O) groups is 1. The number of hydrogen-bond acceptors (Lipinski definition) is 6. The highest BCUT2D eigenvalue weighted by Gasteiger charge is 2.07. The Morgan fingerprint density at radius 1 is 1.31 bits per heavy atom. The largest absolute Gasteiger partial charge is 0.504 e. The summed E-state index contributed by atoms with van der Waals surface area (Å²) in [6.07, 6.45) is 1.58. The smallest absolute Gasteiger partial charge is 0.241 e. The van der Waals surface area contributed by atoms with Crippen LogP contribution in [0.1, 0.15) is 18.9 Å². The minimum absolute atomic E-state index is 0.0126. The van der Waals surface area contributed by atoms with E-state index in [1.54, 1.807) is 22.9 Å². The molecule has 134 valence electrons. The van der Waals surface area contributed by atoms with E-state index in [2.05, 4.69) is 20.8 Å². The molecule has 0 saturated heterocycles. The van der Waals surface area contributed by atoms with Crippen molar-refractivity contribution < 1.29 is 14.6 Å².